The zero-order chi connectivity index (χ0) is 12.0. The summed E-state index contributed by atoms with van der Waals surface area (Å²) < 4.78 is 5.92. The van der Waals surface area contributed by atoms with Crippen molar-refractivity contribution < 1.29 is 9.53 Å². The van der Waals surface area contributed by atoms with Crippen LogP contribution in [-0.4, -0.2) is 24.6 Å². The average Bonchev–Trinajstić information content (AvgIpc) is 2.28. The summed E-state index contributed by atoms with van der Waals surface area (Å²) in [6.45, 7) is 0.213. The van der Waals surface area contributed by atoms with Crippen LogP contribution in [0, 0.1) is 11.3 Å². The summed E-state index contributed by atoms with van der Waals surface area (Å²) >= 11 is 3.36. The van der Waals surface area contributed by atoms with Crippen LogP contribution in [0.25, 0.3) is 0 Å². The molecule has 0 heterocycles. The fraction of sp³-hybridized carbons (Fsp3) is 0.273. The van der Waals surface area contributed by atoms with Gasteiger partial charge in [-0.1, -0.05) is 34.1 Å². The van der Waals surface area contributed by atoms with Gasteiger partial charge in [0.15, 0.2) is 0 Å². The van der Waals surface area contributed by atoms with Crippen molar-refractivity contribution in [3.05, 3.63) is 34.3 Å². The van der Waals surface area contributed by atoms with Gasteiger partial charge in [0.1, 0.15) is 13.2 Å². The first-order valence-electron chi connectivity index (χ1n) is 4.63. The molecule has 0 radical (unpaired) electrons. The first-order valence-corrected chi connectivity index (χ1v) is 5.42. The summed E-state index contributed by atoms with van der Waals surface area (Å²) in [4.78, 5) is 12.6. The second kappa shape index (κ2) is 6.13. The Hall–Kier alpha value is -1.54. The van der Waals surface area contributed by atoms with Crippen LogP contribution in [-0.2, 0) is 11.3 Å². The Bertz CT molecular complexity index is 415. The van der Waals surface area contributed by atoms with E-state index in [1.165, 1.54) is 11.9 Å². The lowest BCUT2D eigenvalue weighted by Crippen LogP contribution is -2.27. The number of amides is 1. The number of rotatable bonds is 3. The monoisotopic (exact) mass is 282 g/mol. The Balaban J connectivity index is 2.50. The third-order valence-corrected chi connectivity index (χ3v) is 2.70. The van der Waals surface area contributed by atoms with Gasteiger partial charge in [-0.15, -0.1) is 0 Å². The number of hydrogen-bond acceptors (Lipinski definition) is 3. The third-order valence-electron chi connectivity index (χ3n) is 1.93. The zero-order valence-corrected chi connectivity index (χ0v) is 10.4. The van der Waals surface area contributed by atoms with Crippen molar-refractivity contribution in [2.24, 2.45) is 0 Å². The lowest BCUT2D eigenvalue weighted by atomic mass is 10.2. The van der Waals surface area contributed by atoms with Gasteiger partial charge in [0.25, 0.3) is 0 Å². The van der Waals surface area contributed by atoms with Gasteiger partial charge in [-0.25, -0.2) is 4.79 Å². The molecule has 0 aliphatic heterocycles. The van der Waals surface area contributed by atoms with Crippen molar-refractivity contribution in [2.75, 3.05) is 13.6 Å². The quantitative estimate of drug-likeness (QED) is 0.801. The van der Waals surface area contributed by atoms with E-state index in [0.717, 1.165) is 10.0 Å². The molecular formula is C11H11BrN2O2. The van der Waals surface area contributed by atoms with E-state index in [2.05, 4.69) is 15.9 Å². The predicted molar refractivity (Wildman–Crippen MR) is 62.6 cm³/mol. The smallest absolute Gasteiger partial charge is 0.410 e. The molecule has 1 amide bonds. The van der Waals surface area contributed by atoms with Crippen LogP contribution in [0.2, 0.25) is 0 Å². The second-order valence-electron chi connectivity index (χ2n) is 3.16. The highest BCUT2D eigenvalue weighted by molar-refractivity contribution is 9.10. The number of benzene rings is 1. The number of ether oxygens (including phenoxy) is 1. The summed E-state index contributed by atoms with van der Waals surface area (Å²) in [5.74, 6) is 0. The molecule has 0 fully saturated rings. The Labute approximate surface area is 103 Å². The average molecular weight is 283 g/mol. The van der Waals surface area contributed by atoms with E-state index in [0.29, 0.717) is 0 Å². The molecule has 0 spiro atoms. The highest BCUT2D eigenvalue weighted by Crippen LogP contribution is 2.16. The number of halogens is 1. The van der Waals surface area contributed by atoms with E-state index in [1.54, 1.807) is 0 Å². The molecule has 0 unspecified atom stereocenters. The van der Waals surface area contributed by atoms with Gasteiger partial charge >= 0.3 is 6.09 Å². The summed E-state index contributed by atoms with van der Waals surface area (Å²) in [5.41, 5.74) is 0.890. The molecule has 0 aliphatic rings. The maximum atomic E-state index is 11.4. The molecular weight excluding hydrogens is 272 g/mol. The van der Waals surface area contributed by atoms with E-state index in [1.807, 2.05) is 30.3 Å². The molecule has 5 heteroatoms. The highest BCUT2D eigenvalue weighted by atomic mass is 79.9. The molecule has 0 aromatic heterocycles. The van der Waals surface area contributed by atoms with E-state index in [-0.39, 0.29) is 13.2 Å². The molecule has 0 saturated heterocycles. The van der Waals surface area contributed by atoms with Gasteiger partial charge in [0.05, 0.1) is 6.07 Å². The van der Waals surface area contributed by atoms with Gasteiger partial charge in [0.2, 0.25) is 0 Å². The van der Waals surface area contributed by atoms with Crippen LogP contribution in [0.3, 0.4) is 0 Å². The molecule has 0 saturated carbocycles. The van der Waals surface area contributed by atoms with Gasteiger partial charge in [0, 0.05) is 17.1 Å². The molecule has 16 heavy (non-hydrogen) atoms. The van der Waals surface area contributed by atoms with Crippen molar-refractivity contribution >= 4 is 22.0 Å². The molecule has 1 rings (SSSR count). The van der Waals surface area contributed by atoms with Crippen molar-refractivity contribution in [2.45, 2.75) is 6.61 Å². The Kier molecular flexibility index (Phi) is 4.80. The number of carbonyl (C=O) groups excluding carboxylic acids is 1. The van der Waals surface area contributed by atoms with Crippen molar-refractivity contribution in [3.63, 3.8) is 0 Å². The Morgan fingerprint density at radius 1 is 1.56 bits per heavy atom. The lowest BCUT2D eigenvalue weighted by molar-refractivity contribution is 0.108. The minimum atomic E-state index is -0.502. The van der Waals surface area contributed by atoms with E-state index in [4.69, 9.17) is 10.00 Å². The molecule has 0 aliphatic carbocycles. The normalized spacial score (nSPS) is 9.31. The highest BCUT2D eigenvalue weighted by Gasteiger charge is 2.09. The molecule has 84 valence electrons. The van der Waals surface area contributed by atoms with Crippen LogP contribution in [0.5, 0.6) is 0 Å². The molecule has 4 nitrogen and oxygen atoms in total. The Morgan fingerprint density at radius 3 is 2.88 bits per heavy atom. The predicted octanol–water partition coefficient (Wildman–Crippen LogP) is 2.54. The van der Waals surface area contributed by atoms with Crippen LogP contribution in [0.4, 0.5) is 4.79 Å². The number of hydrogen-bond donors (Lipinski definition) is 0. The van der Waals surface area contributed by atoms with Gasteiger partial charge in [-0.05, 0) is 6.07 Å². The standard InChI is InChI=1S/C11H11BrN2O2/c1-14(7-6-13)11(15)16-8-9-4-2-3-5-10(9)12/h2-5H,7-8H2,1H3. The number of nitrogens with zero attached hydrogens (tertiary/aromatic N) is 2. The van der Waals surface area contributed by atoms with Gasteiger partial charge < -0.3 is 4.74 Å². The van der Waals surface area contributed by atoms with Crippen molar-refractivity contribution in [3.8, 4) is 6.07 Å². The summed E-state index contributed by atoms with van der Waals surface area (Å²) in [7, 11) is 1.52. The summed E-state index contributed by atoms with van der Waals surface area (Å²) in [6, 6.07) is 9.37. The molecule has 0 atom stereocenters. The number of carbonyl (C=O) groups is 1. The Morgan fingerprint density at radius 2 is 2.25 bits per heavy atom. The fourth-order valence-corrected chi connectivity index (χ4v) is 1.43. The van der Waals surface area contributed by atoms with Gasteiger partial charge in [-0.2, -0.15) is 5.26 Å². The van der Waals surface area contributed by atoms with E-state index in [9.17, 15) is 4.79 Å². The molecule has 0 bridgehead atoms. The van der Waals surface area contributed by atoms with Crippen LogP contribution < -0.4 is 0 Å². The van der Waals surface area contributed by atoms with Crippen LogP contribution in [0.15, 0.2) is 28.7 Å². The molecule has 1 aromatic carbocycles. The van der Waals surface area contributed by atoms with Crippen molar-refractivity contribution in [1.29, 1.82) is 5.26 Å². The largest absolute Gasteiger partial charge is 0.444 e. The first-order chi connectivity index (χ1) is 7.65. The minimum absolute atomic E-state index is 0.0226. The van der Waals surface area contributed by atoms with E-state index < -0.39 is 6.09 Å². The SMILES string of the molecule is CN(CC#N)C(=O)OCc1ccccc1Br. The fourth-order valence-electron chi connectivity index (χ4n) is 1.04. The second-order valence-corrected chi connectivity index (χ2v) is 4.01. The lowest BCUT2D eigenvalue weighted by Gasteiger charge is -2.13. The topological polar surface area (TPSA) is 53.3 Å². The van der Waals surface area contributed by atoms with Crippen molar-refractivity contribution in [1.82, 2.24) is 4.90 Å². The number of nitriles is 1. The van der Waals surface area contributed by atoms with Crippen LogP contribution >= 0.6 is 15.9 Å². The molecule has 1 aromatic rings. The zero-order valence-electron chi connectivity index (χ0n) is 8.81. The minimum Gasteiger partial charge on any atom is -0.444 e. The molecule has 0 N–H and O–H groups in total. The summed E-state index contributed by atoms with van der Waals surface area (Å²) in [6.07, 6.45) is -0.502. The maximum Gasteiger partial charge on any atom is 0.410 e. The van der Waals surface area contributed by atoms with E-state index >= 15 is 0 Å². The first kappa shape index (κ1) is 12.5. The van der Waals surface area contributed by atoms with Crippen LogP contribution in [0.1, 0.15) is 5.56 Å². The third kappa shape index (κ3) is 3.55. The maximum absolute atomic E-state index is 11.4. The van der Waals surface area contributed by atoms with Gasteiger partial charge in [-0.3, -0.25) is 4.90 Å². The summed E-state index contributed by atoms with van der Waals surface area (Å²) in [5, 5.41) is 8.41.